The highest BCUT2D eigenvalue weighted by Gasteiger charge is 2.03. The summed E-state index contributed by atoms with van der Waals surface area (Å²) < 4.78 is 0. The standard InChI is InChI=1S/C11H9ClN4O2/c12-8-6-7(4-5-13-8)14-11(18)16-9-2-1-3-10(17)15-9/h1-6H,(H3,13,14,15,16,17,18). The van der Waals surface area contributed by atoms with Crippen LogP contribution in [0.25, 0.3) is 0 Å². The average molecular weight is 265 g/mol. The Hall–Kier alpha value is -2.34. The first kappa shape index (κ1) is 12.1. The van der Waals surface area contributed by atoms with Gasteiger partial charge in [0.05, 0.1) is 0 Å². The van der Waals surface area contributed by atoms with Gasteiger partial charge in [-0.2, -0.15) is 0 Å². The summed E-state index contributed by atoms with van der Waals surface area (Å²) in [6.07, 6.45) is 1.47. The molecule has 2 amide bonds. The van der Waals surface area contributed by atoms with Crippen molar-refractivity contribution >= 4 is 29.1 Å². The maximum atomic E-state index is 11.6. The molecule has 0 fully saturated rings. The van der Waals surface area contributed by atoms with Gasteiger partial charge in [-0.1, -0.05) is 17.7 Å². The number of carbonyl (C=O) groups excluding carboxylic acids is 1. The molecule has 2 rings (SSSR count). The van der Waals surface area contributed by atoms with Crippen LogP contribution in [0.2, 0.25) is 5.15 Å². The lowest BCUT2D eigenvalue weighted by Crippen LogP contribution is -2.21. The van der Waals surface area contributed by atoms with Crippen molar-refractivity contribution in [2.75, 3.05) is 10.6 Å². The molecule has 0 aliphatic heterocycles. The van der Waals surface area contributed by atoms with Gasteiger partial charge in [-0.3, -0.25) is 10.1 Å². The molecule has 92 valence electrons. The van der Waals surface area contributed by atoms with Gasteiger partial charge in [-0.05, 0) is 18.2 Å². The van der Waals surface area contributed by atoms with E-state index in [0.29, 0.717) is 11.5 Å². The molecule has 0 saturated heterocycles. The SMILES string of the molecule is O=C(Nc1ccnc(Cl)c1)Nc1cccc(=O)[nH]1. The van der Waals surface area contributed by atoms with Gasteiger partial charge in [0.15, 0.2) is 0 Å². The minimum absolute atomic E-state index is 0.279. The third-order valence-electron chi connectivity index (χ3n) is 2.00. The largest absolute Gasteiger partial charge is 0.324 e. The van der Waals surface area contributed by atoms with Crippen molar-refractivity contribution in [3.8, 4) is 0 Å². The monoisotopic (exact) mass is 264 g/mol. The van der Waals surface area contributed by atoms with E-state index >= 15 is 0 Å². The van der Waals surface area contributed by atoms with E-state index in [1.165, 1.54) is 24.4 Å². The van der Waals surface area contributed by atoms with Crippen LogP contribution in [-0.2, 0) is 0 Å². The number of aromatic amines is 1. The number of H-pyrrole nitrogens is 1. The number of hydrogen-bond donors (Lipinski definition) is 3. The molecule has 6 nitrogen and oxygen atoms in total. The first-order valence-corrected chi connectivity index (χ1v) is 5.40. The Labute approximate surface area is 107 Å². The van der Waals surface area contributed by atoms with E-state index < -0.39 is 6.03 Å². The number of nitrogens with zero attached hydrogens (tertiary/aromatic N) is 1. The third-order valence-corrected chi connectivity index (χ3v) is 2.21. The smallest absolute Gasteiger partial charge is 0.309 e. The Balaban J connectivity index is 2.03. The molecule has 3 N–H and O–H groups in total. The highest BCUT2D eigenvalue weighted by Crippen LogP contribution is 2.12. The van der Waals surface area contributed by atoms with Gasteiger partial charge in [0.2, 0.25) is 5.56 Å². The number of aromatic nitrogens is 2. The van der Waals surface area contributed by atoms with Crippen molar-refractivity contribution in [1.29, 1.82) is 0 Å². The fourth-order valence-electron chi connectivity index (χ4n) is 1.29. The molecule has 0 aliphatic carbocycles. The molecule has 0 atom stereocenters. The van der Waals surface area contributed by atoms with Gasteiger partial charge in [0.1, 0.15) is 11.0 Å². The van der Waals surface area contributed by atoms with Crippen molar-refractivity contribution in [2.45, 2.75) is 0 Å². The minimum Gasteiger partial charge on any atom is -0.309 e. The summed E-state index contributed by atoms with van der Waals surface area (Å²) in [4.78, 5) is 28.9. The van der Waals surface area contributed by atoms with E-state index in [4.69, 9.17) is 11.6 Å². The van der Waals surface area contributed by atoms with Crippen LogP contribution in [0.15, 0.2) is 41.3 Å². The summed E-state index contributed by atoms with van der Waals surface area (Å²) in [5.41, 5.74) is 0.213. The topological polar surface area (TPSA) is 86.9 Å². The van der Waals surface area contributed by atoms with Gasteiger partial charge in [-0.15, -0.1) is 0 Å². The van der Waals surface area contributed by atoms with Crippen molar-refractivity contribution < 1.29 is 4.79 Å². The second-order valence-corrected chi connectivity index (χ2v) is 3.76. The van der Waals surface area contributed by atoms with E-state index in [1.54, 1.807) is 12.1 Å². The second kappa shape index (κ2) is 5.33. The number of anilines is 2. The summed E-state index contributed by atoms with van der Waals surface area (Å²) in [6.45, 7) is 0. The van der Waals surface area contributed by atoms with Crippen LogP contribution >= 0.6 is 11.6 Å². The summed E-state index contributed by atoms with van der Waals surface area (Å²) in [7, 11) is 0. The number of rotatable bonds is 2. The maximum absolute atomic E-state index is 11.6. The maximum Gasteiger partial charge on any atom is 0.324 e. The van der Waals surface area contributed by atoms with Crippen LogP contribution in [0, 0.1) is 0 Å². The summed E-state index contributed by atoms with van der Waals surface area (Å²) in [6, 6.07) is 7.08. The normalized spacial score (nSPS) is 9.83. The number of carbonyl (C=O) groups is 1. The number of pyridine rings is 2. The van der Waals surface area contributed by atoms with Crippen LogP contribution in [-0.4, -0.2) is 16.0 Å². The molecule has 2 aromatic rings. The van der Waals surface area contributed by atoms with Crippen LogP contribution in [0.1, 0.15) is 0 Å². The van der Waals surface area contributed by atoms with Gasteiger partial charge in [0, 0.05) is 18.0 Å². The number of halogens is 1. The Kier molecular flexibility index (Phi) is 3.59. The lowest BCUT2D eigenvalue weighted by Gasteiger charge is -2.06. The first-order chi connectivity index (χ1) is 8.63. The molecule has 0 aromatic carbocycles. The minimum atomic E-state index is -0.487. The lowest BCUT2D eigenvalue weighted by atomic mass is 10.4. The van der Waals surface area contributed by atoms with Crippen LogP contribution in [0.5, 0.6) is 0 Å². The van der Waals surface area contributed by atoms with Crippen molar-refractivity contribution in [2.24, 2.45) is 0 Å². The quantitative estimate of drug-likeness (QED) is 0.726. The molecule has 2 aromatic heterocycles. The van der Waals surface area contributed by atoms with E-state index in [0.717, 1.165) is 0 Å². The fourth-order valence-corrected chi connectivity index (χ4v) is 1.46. The Morgan fingerprint density at radius 2 is 2.11 bits per heavy atom. The molecule has 0 unspecified atom stereocenters. The van der Waals surface area contributed by atoms with E-state index in [1.807, 2.05) is 0 Å². The highest BCUT2D eigenvalue weighted by atomic mass is 35.5. The summed E-state index contributed by atoms with van der Waals surface area (Å²) in [5.74, 6) is 0.306. The second-order valence-electron chi connectivity index (χ2n) is 3.38. The molecule has 0 radical (unpaired) electrons. The molecular weight excluding hydrogens is 256 g/mol. The van der Waals surface area contributed by atoms with E-state index in [9.17, 15) is 9.59 Å². The molecule has 0 spiro atoms. The van der Waals surface area contributed by atoms with Crippen LogP contribution in [0.3, 0.4) is 0 Å². The zero-order valence-corrected chi connectivity index (χ0v) is 9.86. The zero-order chi connectivity index (χ0) is 13.0. The summed E-state index contributed by atoms with van der Waals surface area (Å²) in [5, 5.41) is 5.31. The predicted octanol–water partition coefficient (Wildman–Crippen LogP) is 2.07. The predicted molar refractivity (Wildman–Crippen MR) is 69.0 cm³/mol. The molecule has 0 aliphatic rings. The molecule has 2 heterocycles. The van der Waals surface area contributed by atoms with Crippen molar-refractivity contribution in [3.05, 3.63) is 52.0 Å². The zero-order valence-electron chi connectivity index (χ0n) is 9.11. The molecule has 18 heavy (non-hydrogen) atoms. The van der Waals surface area contributed by atoms with Crippen molar-refractivity contribution in [1.82, 2.24) is 9.97 Å². The van der Waals surface area contributed by atoms with Gasteiger partial charge >= 0.3 is 6.03 Å². The summed E-state index contributed by atoms with van der Waals surface area (Å²) >= 11 is 5.68. The Morgan fingerprint density at radius 3 is 2.83 bits per heavy atom. The Bertz CT molecular complexity index is 626. The van der Waals surface area contributed by atoms with Crippen LogP contribution < -0.4 is 16.2 Å². The average Bonchev–Trinajstić information content (AvgIpc) is 2.28. The van der Waals surface area contributed by atoms with E-state index in [2.05, 4.69) is 20.6 Å². The third kappa shape index (κ3) is 3.33. The van der Waals surface area contributed by atoms with E-state index in [-0.39, 0.29) is 10.7 Å². The lowest BCUT2D eigenvalue weighted by molar-refractivity contribution is 0.262. The van der Waals surface area contributed by atoms with Gasteiger partial charge in [0.25, 0.3) is 0 Å². The number of nitrogens with one attached hydrogen (secondary N) is 3. The van der Waals surface area contributed by atoms with Crippen LogP contribution in [0.4, 0.5) is 16.3 Å². The number of urea groups is 1. The fraction of sp³-hybridized carbons (Fsp3) is 0. The highest BCUT2D eigenvalue weighted by molar-refractivity contribution is 6.29. The molecule has 7 heteroatoms. The number of amides is 2. The molecular formula is C11H9ClN4O2. The first-order valence-electron chi connectivity index (χ1n) is 5.02. The van der Waals surface area contributed by atoms with Crippen molar-refractivity contribution in [3.63, 3.8) is 0 Å². The molecule has 0 bridgehead atoms. The number of hydrogen-bond acceptors (Lipinski definition) is 3. The van der Waals surface area contributed by atoms with Gasteiger partial charge < -0.3 is 10.3 Å². The Morgan fingerprint density at radius 1 is 1.28 bits per heavy atom. The van der Waals surface area contributed by atoms with Gasteiger partial charge in [-0.25, -0.2) is 9.78 Å². The molecule has 0 saturated carbocycles.